The molecule has 0 saturated heterocycles. The van der Waals surface area contributed by atoms with Crippen LogP contribution in [0.2, 0.25) is 0 Å². The molecule has 0 aromatic heterocycles. The van der Waals surface area contributed by atoms with Gasteiger partial charge in [-0.2, -0.15) is 0 Å². The summed E-state index contributed by atoms with van der Waals surface area (Å²) in [6.45, 7) is 4.46. The minimum absolute atomic E-state index is 0.455. The van der Waals surface area contributed by atoms with Crippen LogP contribution in [-0.2, 0) is 4.79 Å². The Bertz CT molecular complexity index is 399. The first-order valence-electron chi connectivity index (χ1n) is 7.33. The van der Waals surface area contributed by atoms with E-state index in [0.29, 0.717) is 11.7 Å². The van der Waals surface area contributed by atoms with Crippen LogP contribution in [0.5, 0.6) is 0 Å². The van der Waals surface area contributed by atoms with Gasteiger partial charge >= 0.3 is 0 Å². The molecule has 0 spiro atoms. The lowest BCUT2D eigenvalue weighted by molar-refractivity contribution is -0.120. The molecule has 0 unspecified atom stereocenters. The van der Waals surface area contributed by atoms with Crippen LogP contribution in [0, 0.1) is 5.92 Å². The lowest BCUT2D eigenvalue weighted by Gasteiger charge is -2.24. The van der Waals surface area contributed by atoms with Crippen molar-refractivity contribution in [3.05, 3.63) is 34.9 Å². The van der Waals surface area contributed by atoms with Crippen LogP contribution in [0.4, 0.5) is 0 Å². The highest BCUT2D eigenvalue weighted by Crippen LogP contribution is 2.34. The molecule has 1 nitrogen and oxygen atoms in total. The Kier molecular flexibility index (Phi) is 4.57. The molecule has 0 atom stereocenters. The van der Waals surface area contributed by atoms with Crippen LogP contribution in [0.15, 0.2) is 34.9 Å². The predicted molar refractivity (Wildman–Crippen MR) is 76.4 cm³/mol. The summed E-state index contributed by atoms with van der Waals surface area (Å²) in [4.78, 5) is 11.3. The highest BCUT2D eigenvalue weighted by Gasteiger charge is 2.22. The van der Waals surface area contributed by atoms with Crippen LogP contribution < -0.4 is 0 Å². The average Bonchev–Trinajstić information content (AvgIpc) is 2.61. The number of carbonyl (C=O) groups excluding carboxylic acids is 1. The molecule has 1 heteroatoms. The molecule has 0 N–H and O–H groups in total. The van der Waals surface area contributed by atoms with E-state index < -0.39 is 0 Å². The molecule has 2 rings (SSSR count). The maximum absolute atomic E-state index is 11.3. The van der Waals surface area contributed by atoms with Crippen LogP contribution in [-0.4, -0.2) is 5.78 Å². The van der Waals surface area contributed by atoms with Crippen molar-refractivity contribution < 1.29 is 4.79 Å². The molecular formula is C17H24O. The molecule has 2 aliphatic carbocycles. The molecular weight excluding hydrogens is 220 g/mol. The van der Waals surface area contributed by atoms with E-state index in [1.54, 1.807) is 11.1 Å². The van der Waals surface area contributed by atoms with Gasteiger partial charge in [0.1, 0.15) is 5.78 Å². The lowest BCUT2D eigenvalue weighted by Crippen LogP contribution is -2.15. The van der Waals surface area contributed by atoms with Gasteiger partial charge in [0, 0.05) is 12.8 Å². The van der Waals surface area contributed by atoms with Gasteiger partial charge in [0.25, 0.3) is 0 Å². The van der Waals surface area contributed by atoms with E-state index in [0.717, 1.165) is 44.9 Å². The molecule has 2 aliphatic rings. The molecule has 0 aliphatic heterocycles. The summed E-state index contributed by atoms with van der Waals surface area (Å²) < 4.78 is 0. The SMILES string of the molecule is CCC1=CC=C(C2CCC(=O)CC2)CC(CC)=C1. The summed E-state index contributed by atoms with van der Waals surface area (Å²) in [6, 6.07) is 0. The number of ketones is 1. The minimum Gasteiger partial charge on any atom is -0.300 e. The first-order valence-corrected chi connectivity index (χ1v) is 7.33. The van der Waals surface area contributed by atoms with E-state index in [1.165, 1.54) is 5.57 Å². The van der Waals surface area contributed by atoms with Crippen LogP contribution in [0.1, 0.15) is 58.8 Å². The molecule has 0 heterocycles. The van der Waals surface area contributed by atoms with Gasteiger partial charge in [0.2, 0.25) is 0 Å². The highest BCUT2D eigenvalue weighted by atomic mass is 16.1. The Morgan fingerprint density at radius 3 is 2.44 bits per heavy atom. The third kappa shape index (κ3) is 3.22. The summed E-state index contributed by atoms with van der Waals surface area (Å²) in [6.07, 6.45) is 14.1. The molecule has 98 valence electrons. The Morgan fingerprint density at radius 1 is 1.11 bits per heavy atom. The monoisotopic (exact) mass is 244 g/mol. The van der Waals surface area contributed by atoms with Gasteiger partial charge in [-0.15, -0.1) is 0 Å². The van der Waals surface area contributed by atoms with Gasteiger partial charge in [-0.05, 0) is 43.6 Å². The van der Waals surface area contributed by atoms with E-state index in [-0.39, 0.29) is 0 Å². The fourth-order valence-electron chi connectivity index (χ4n) is 2.93. The maximum Gasteiger partial charge on any atom is 0.132 e. The molecule has 0 bridgehead atoms. The highest BCUT2D eigenvalue weighted by molar-refractivity contribution is 5.79. The van der Waals surface area contributed by atoms with Crippen molar-refractivity contribution >= 4 is 5.78 Å². The first-order chi connectivity index (χ1) is 8.72. The van der Waals surface area contributed by atoms with Crippen LogP contribution in [0.25, 0.3) is 0 Å². The van der Waals surface area contributed by atoms with Crippen LogP contribution >= 0.6 is 0 Å². The lowest BCUT2D eigenvalue weighted by atomic mass is 9.80. The molecule has 0 amide bonds. The van der Waals surface area contributed by atoms with Crippen LogP contribution in [0.3, 0.4) is 0 Å². The van der Waals surface area contributed by atoms with Crippen molar-refractivity contribution in [2.24, 2.45) is 5.92 Å². The number of carbonyl (C=O) groups is 1. The fourth-order valence-corrected chi connectivity index (χ4v) is 2.93. The first kappa shape index (κ1) is 13.3. The molecule has 1 saturated carbocycles. The average molecular weight is 244 g/mol. The zero-order valence-corrected chi connectivity index (χ0v) is 11.7. The van der Waals surface area contributed by atoms with Gasteiger partial charge in [0.15, 0.2) is 0 Å². The van der Waals surface area contributed by atoms with E-state index in [1.807, 2.05) is 0 Å². The van der Waals surface area contributed by atoms with E-state index in [4.69, 9.17) is 0 Å². The third-order valence-corrected chi connectivity index (χ3v) is 4.26. The quantitative estimate of drug-likeness (QED) is 0.700. The minimum atomic E-state index is 0.455. The van der Waals surface area contributed by atoms with E-state index >= 15 is 0 Å². The predicted octanol–water partition coefficient (Wildman–Crippen LogP) is 4.75. The summed E-state index contributed by atoms with van der Waals surface area (Å²) in [5.41, 5.74) is 4.54. The second-order valence-electron chi connectivity index (χ2n) is 5.48. The second-order valence-corrected chi connectivity index (χ2v) is 5.48. The fraction of sp³-hybridized carbons (Fsp3) is 0.588. The number of hydrogen-bond acceptors (Lipinski definition) is 1. The summed E-state index contributed by atoms with van der Waals surface area (Å²) in [7, 11) is 0. The summed E-state index contributed by atoms with van der Waals surface area (Å²) >= 11 is 0. The number of allylic oxidation sites excluding steroid dienone is 6. The van der Waals surface area contributed by atoms with Crippen molar-refractivity contribution in [2.45, 2.75) is 58.8 Å². The van der Waals surface area contributed by atoms with Crippen molar-refractivity contribution in [2.75, 3.05) is 0 Å². The van der Waals surface area contributed by atoms with Gasteiger partial charge in [-0.1, -0.05) is 43.2 Å². The van der Waals surface area contributed by atoms with Gasteiger partial charge < -0.3 is 0 Å². The Morgan fingerprint density at radius 2 is 1.83 bits per heavy atom. The Hall–Kier alpha value is -1.11. The third-order valence-electron chi connectivity index (χ3n) is 4.26. The Balaban J connectivity index is 2.13. The van der Waals surface area contributed by atoms with Crippen molar-refractivity contribution in [3.63, 3.8) is 0 Å². The number of hydrogen-bond donors (Lipinski definition) is 0. The molecule has 0 aromatic rings. The summed E-state index contributed by atoms with van der Waals surface area (Å²) in [5, 5.41) is 0. The van der Waals surface area contributed by atoms with Crippen molar-refractivity contribution in [3.8, 4) is 0 Å². The van der Waals surface area contributed by atoms with Gasteiger partial charge in [-0.3, -0.25) is 4.79 Å². The molecule has 0 aromatic carbocycles. The molecule has 0 radical (unpaired) electrons. The standard InChI is InChI=1S/C17H24O/c1-3-13-5-6-16(12-14(4-2)11-13)15-7-9-17(18)10-8-15/h5-6,11,15H,3-4,7-10,12H2,1-2H3. The van der Waals surface area contributed by atoms with Crippen molar-refractivity contribution in [1.82, 2.24) is 0 Å². The Labute approximate surface area is 111 Å². The second kappa shape index (κ2) is 6.17. The topological polar surface area (TPSA) is 17.1 Å². The van der Waals surface area contributed by atoms with Crippen molar-refractivity contribution in [1.29, 1.82) is 0 Å². The smallest absolute Gasteiger partial charge is 0.132 e. The molecule has 1 fully saturated rings. The number of rotatable bonds is 3. The number of Topliss-reactive ketones (excluding diaryl/α,β-unsaturated/α-hetero) is 1. The zero-order chi connectivity index (χ0) is 13.0. The normalized spacial score (nSPS) is 22.1. The van der Waals surface area contributed by atoms with E-state index in [9.17, 15) is 4.79 Å². The molecule has 18 heavy (non-hydrogen) atoms. The van der Waals surface area contributed by atoms with Gasteiger partial charge in [-0.25, -0.2) is 0 Å². The largest absolute Gasteiger partial charge is 0.300 e. The summed E-state index contributed by atoms with van der Waals surface area (Å²) in [5.74, 6) is 1.10. The zero-order valence-electron chi connectivity index (χ0n) is 11.7. The van der Waals surface area contributed by atoms with E-state index in [2.05, 4.69) is 32.1 Å². The maximum atomic E-state index is 11.3. The van der Waals surface area contributed by atoms with Gasteiger partial charge in [0.05, 0.1) is 0 Å².